The van der Waals surface area contributed by atoms with E-state index in [1.807, 2.05) is 43.3 Å². The van der Waals surface area contributed by atoms with E-state index in [1.165, 1.54) is 0 Å². The number of nitrogens with one attached hydrogen (secondary N) is 1. The van der Waals surface area contributed by atoms with Crippen LogP contribution in [0.5, 0.6) is 5.75 Å². The SMILES string of the molecule is COc1ccc2oc(C(=O)NCCSCc3ccccc3C#N)c(C)c2c1. The first-order valence-corrected chi connectivity index (χ1v) is 9.70. The second-order valence-corrected chi connectivity index (χ2v) is 7.10. The summed E-state index contributed by atoms with van der Waals surface area (Å²) in [7, 11) is 1.61. The van der Waals surface area contributed by atoms with Crippen LogP contribution in [0.1, 0.15) is 27.2 Å². The maximum atomic E-state index is 12.4. The molecule has 2 aromatic carbocycles. The predicted octanol–water partition coefficient (Wildman–Crippen LogP) is 4.28. The molecule has 1 amide bonds. The van der Waals surface area contributed by atoms with E-state index < -0.39 is 0 Å². The minimum absolute atomic E-state index is 0.222. The Hall–Kier alpha value is -2.91. The van der Waals surface area contributed by atoms with Gasteiger partial charge in [0.15, 0.2) is 5.76 Å². The van der Waals surface area contributed by atoms with Crippen LogP contribution in [0.4, 0.5) is 0 Å². The van der Waals surface area contributed by atoms with Crippen molar-refractivity contribution in [1.82, 2.24) is 5.32 Å². The fourth-order valence-electron chi connectivity index (χ4n) is 2.80. The molecule has 0 fully saturated rings. The van der Waals surface area contributed by atoms with Crippen molar-refractivity contribution >= 4 is 28.6 Å². The Morgan fingerprint density at radius 3 is 2.89 bits per heavy atom. The van der Waals surface area contributed by atoms with Crippen molar-refractivity contribution in [3.05, 3.63) is 64.9 Å². The first kappa shape index (κ1) is 18.9. The van der Waals surface area contributed by atoms with E-state index in [9.17, 15) is 4.79 Å². The standard InChI is InChI=1S/C21H20N2O3S/c1-14-18-11-17(25-2)7-8-19(18)26-20(14)21(24)23-9-10-27-13-16-6-4-3-5-15(16)12-22/h3-8,11H,9-10,13H2,1-2H3,(H,23,24). The maximum Gasteiger partial charge on any atom is 0.287 e. The highest BCUT2D eigenvalue weighted by atomic mass is 32.2. The summed E-state index contributed by atoms with van der Waals surface area (Å²) in [4.78, 5) is 12.4. The van der Waals surface area contributed by atoms with Crippen LogP contribution in [-0.4, -0.2) is 25.3 Å². The summed E-state index contributed by atoms with van der Waals surface area (Å²) < 4.78 is 10.9. The number of nitriles is 1. The van der Waals surface area contributed by atoms with Gasteiger partial charge in [0.2, 0.25) is 0 Å². The first-order valence-electron chi connectivity index (χ1n) is 8.55. The highest BCUT2D eigenvalue weighted by Gasteiger charge is 2.17. The molecule has 0 unspecified atom stereocenters. The molecule has 0 aliphatic carbocycles. The van der Waals surface area contributed by atoms with Gasteiger partial charge in [-0.15, -0.1) is 0 Å². The number of thioether (sulfide) groups is 1. The van der Waals surface area contributed by atoms with Crippen LogP contribution in [0.2, 0.25) is 0 Å². The van der Waals surface area contributed by atoms with E-state index in [0.29, 0.717) is 23.5 Å². The molecule has 3 rings (SSSR count). The van der Waals surface area contributed by atoms with E-state index in [0.717, 1.165) is 33.8 Å². The van der Waals surface area contributed by atoms with Crippen LogP contribution in [0, 0.1) is 18.3 Å². The summed E-state index contributed by atoms with van der Waals surface area (Å²) >= 11 is 1.67. The molecule has 0 aliphatic rings. The molecule has 3 aromatic rings. The van der Waals surface area contributed by atoms with Crippen molar-refractivity contribution in [2.75, 3.05) is 19.4 Å². The van der Waals surface area contributed by atoms with Crippen molar-refractivity contribution in [1.29, 1.82) is 5.26 Å². The summed E-state index contributed by atoms with van der Waals surface area (Å²) in [5.41, 5.74) is 3.18. The number of carbonyl (C=O) groups is 1. The van der Waals surface area contributed by atoms with Gasteiger partial charge < -0.3 is 14.5 Å². The number of carbonyl (C=O) groups excluding carboxylic acids is 1. The van der Waals surface area contributed by atoms with Crippen LogP contribution in [-0.2, 0) is 5.75 Å². The van der Waals surface area contributed by atoms with Gasteiger partial charge in [-0.3, -0.25) is 4.79 Å². The Kier molecular flexibility index (Phi) is 6.05. The fourth-order valence-corrected chi connectivity index (χ4v) is 3.66. The molecule has 5 nitrogen and oxygen atoms in total. The van der Waals surface area contributed by atoms with Crippen molar-refractivity contribution in [2.24, 2.45) is 0 Å². The summed E-state index contributed by atoms with van der Waals surface area (Å²) in [6, 6.07) is 15.2. The number of fused-ring (bicyclic) bond motifs is 1. The molecule has 0 radical (unpaired) electrons. The zero-order chi connectivity index (χ0) is 19.2. The number of hydrogen-bond acceptors (Lipinski definition) is 5. The summed E-state index contributed by atoms with van der Waals surface area (Å²) in [6.45, 7) is 2.39. The van der Waals surface area contributed by atoms with Gasteiger partial charge >= 0.3 is 0 Å². The number of ether oxygens (including phenoxy) is 1. The number of benzene rings is 2. The molecule has 6 heteroatoms. The highest BCUT2D eigenvalue weighted by molar-refractivity contribution is 7.98. The summed E-state index contributed by atoms with van der Waals surface area (Å²) in [6.07, 6.45) is 0. The quantitative estimate of drug-likeness (QED) is 0.619. The third kappa shape index (κ3) is 4.26. The minimum Gasteiger partial charge on any atom is -0.497 e. The number of rotatable bonds is 7. The molecule has 0 atom stereocenters. The largest absolute Gasteiger partial charge is 0.497 e. The lowest BCUT2D eigenvalue weighted by molar-refractivity contribution is 0.0930. The third-order valence-corrected chi connectivity index (χ3v) is 5.28. The molecule has 0 saturated carbocycles. The second-order valence-electron chi connectivity index (χ2n) is 6.00. The summed E-state index contributed by atoms with van der Waals surface area (Å²) in [5, 5.41) is 12.9. The molecule has 1 aromatic heterocycles. The van der Waals surface area contributed by atoms with Crippen molar-refractivity contribution in [2.45, 2.75) is 12.7 Å². The van der Waals surface area contributed by atoms with Crippen molar-refractivity contribution < 1.29 is 13.9 Å². The Bertz CT molecular complexity index is 1000. The van der Waals surface area contributed by atoms with E-state index in [4.69, 9.17) is 14.4 Å². The maximum absolute atomic E-state index is 12.4. The number of amides is 1. The van der Waals surface area contributed by atoms with Gasteiger partial charge in [-0.25, -0.2) is 0 Å². The van der Waals surface area contributed by atoms with Gasteiger partial charge in [0, 0.05) is 29.0 Å². The zero-order valence-electron chi connectivity index (χ0n) is 15.2. The molecule has 1 N–H and O–H groups in total. The van der Waals surface area contributed by atoms with Gasteiger partial charge in [0.25, 0.3) is 5.91 Å². The highest BCUT2D eigenvalue weighted by Crippen LogP contribution is 2.28. The van der Waals surface area contributed by atoms with Crippen LogP contribution >= 0.6 is 11.8 Å². The fraction of sp³-hybridized carbons (Fsp3) is 0.238. The van der Waals surface area contributed by atoms with Crippen LogP contribution in [0.25, 0.3) is 11.0 Å². The number of nitrogens with zero attached hydrogens (tertiary/aromatic N) is 1. The average Bonchev–Trinajstić information content (AvgIpc) is 3.04. The average molecular weight is 380 g/mol. The minimum atomic E-state index is -0.222. The van der Waals surface area contributed by atoms with E-state index >= 15 is 0 Å². The number of methoxy groups -OCH3 is 1. The van der Waals surface area contributed by atoms with E-state index in [2.05, 4.69) is 11.4 Å². The van der Waals surface area contributed by atoms with Crippen LogP contribution in [0.15, 0.2) is 46.9 Å². The summed E-state index contributed by atoms with van der Waals surface area (Å²) in [5.74, 6) is 2.33. The van der Waals surface area contributed by atoms with Crippen molar-refractivity contribution in [3.8, 4) is 11.8 Å². The Labute approximate surface area is 162 Å². The molecule has 138 valence electrons. The smallest absolute Gasteiger partial charge is 0.287 e. The molecule has 0 bridgehead atoms. The number of furan rings is 1. The lowest BCUT2D eigenvalue weighted by Gasteiger charge is -2.05. The molecule has 1 heterocycles. The van der Waals surface area contributed by atoms with Crippen LogP contribution in [0.3, 0.4) is 0 Å². The van der Waals surface area contributed by atoms with Gasteiger partial charge in [-0.05, 0) is 36.8 Å². The first-order chi connectivity index (χ1) is 13.1. The van der Waals surface area contributed by atoms with Gasteiger partial charge in [-0.1, -0.05) is 18.2 Å². The van der Waals surface area contributed by atoms with E-state index in [-0.39, 0.29) is 5.91 Å². The molecule has 0 aliphatic heterocycles. The van der Waals surface area contributed by atoms with Gasteiger partial charge in [0.05, 0.1) is 18.7 Å². The molecule has 0 spiro atoms. The molecule has 0 saturated heterocycles. The Morgan fingerprint density at radius 2 is 2.11 bits per heavy atom. The zero-order valence-corrected chi connectivity index (χ0v) is 16.1. The number of hydrogen-bond donors (Lipinski definition) is 1. The second kappa shape index (κ2) is 8.65. The van der Waals surface area contributed by atoms with Gasteiger partial charge in [0.1, 0.15) is 11.3 Å². The van der Waals surface area contributed by atoms with Gasteiger partial charge in [-0.2, -0.15) is 17.0 Å². The Morgan fingerprint density at radius 1 is 1.30 bits per heavy atom. The topological polar surface area (TPSA) is 75.3 Å². The number of aryl methyl sites for hydroxylation is 1. The normalized spacial score (nSPS) is 10.6. The molecular formula is C21H20N2O3S. The van der Waals surface area contributed by atoms with Crippen LogP contribution < -0.4 is 10.1 Å². The van der Waals surface area contributed by atoms with E-state index in [1.54, 1.807) is 24.9 Å². The molecular weight excluding hydrogens is 360 g/mol. The predicted molar refractivity (Wildman–Crippen MR) is 107 cm³/mol. The lowest BCUT2D eigenvalue weighted by atomic mass is 10.1. The molecule has 27 heavy (non-hydrogen) atoms. The third-order valence-electron chi connectivity index (χ3n) is 4.28. The lowest BCUT2D eigenvalue weighted by Crippen LogP contribution is -2.25. The van der Waals surface area contributed by atoms with Crippen molar-refractivity contribution in [3.63, 3.8) is 0 Å². The Balaban J connectivity index is 1.55. The monoisotopic (exact) mass is 380 g/mol.